The summed E-state index contributed by atoms with van der Waals surface area (Å²) in [7, 11) is 2.82. The van der Waals surface area contributed by atoms with E-state index in [1.807, 2.05) is 31.2 Å². The molecule has 0 aliphatic rings. The second kappa shape index (κ2) is 8.92. The lowest BCUT2D eigenvalue weighted by Crippen LogP contribution is -2.15. The van der Waals surface area contributed by atoms with Gasteiger partial charge in [-0.1, -0.05) is 29.8 Å². The van der Waals surface area contributed by atoms with E-state index in [9.17, 15) is 9.59 Å². The summed E-state index contributed by atoms with van der Waals surface area (Å²) in [4.78, 5) is 29.2. The Kier molecular flexibility index (Phi) is 6.34. The number of aromatic nitrogens is 1. The fourth-order valence-electron chi connectivity index (χ4n) is 3.16. The van der Waals surface area contributed by atoms with E-state index in [1.165, 1.54) is 14.2 Å². The molecule has 3 aromatic rings. The van der Waals surface area contributed by atoms with Gasteiger partial charge in [0.15, 0.2) is 0 Å². The number of carbonyl (C=O) groups is 2. The molecule has 29 heavy (non-hydrogen) atoms. The van der Waals surface area contributed by atoms with Crippen molar-refractivity contribution in [3.63, 3.8) is 0 Å². The van der Waals surface area contributed by atoms with Crippen molar-refractivity contribution in [3.05, 3.63) is 69.9 Å². The van der Waals surface area contributed by atoms with Gasteiger partial charge in [0.05, 0.1) is 37.4 Å². The molecule has 0 aliphatic carbocycles. The molecule has 0 atom stereocenters. The van der Waals surface area contributed by atoms with Gasteiger partial charge in [-0.05, 0) is 36.8 Å². The van der Waals surface area contributed by atoms with Gasteiger partial charge in [-0.15, -0.1) is 0 Å². The first-order valence-corrected chi connectivity index (χ1v) is 9.27. The van der Waals surface area contributed by atoms with Crippen LogP contribution in [0, 0.1) is 6.92 Å². The summed E-state index contributed by atoms with van der Waals surface area (Å²) >= 11 is 6.01. The number of benzene rings is 2. The number of carbonyl (C=O) groups excluding carboxylic acids is 2. The summed E-state index contributed by atoms with van der Waals surface area (Å²) in [6.45, 7) is 1.66. The minimum absolute atomic E-state index is 0.0240. The summed E-state index contributed by atoms with van der Waals surface area (Å²) in [5, 5.41) is 1.33. The highest BCUT2D eigenvalue weighted by Crippen LogP contribution is 2.25. The van der Waals surface area contributed by atoms with E-state index in [1.54, 1.807) is 18.2 Å². The first kappa shape index (κ1) is 20.6. The molecule has 0 radical (unpaired) electrons. The van der Waals surface area contributed by atoms with Gasteiger partial charge in [-0.25, -0.2) is 9.78 Å². The van der Waals surface area contributed by atoms with Crippen LogP contribution in [-0.4, -0.2) is 31.1 Å². The number of para-hydroxylation sites is 1. The van der Waals surface area contributed by atoms with Crippen LogP contribution in [0.2, 0.25) is 5.02 Å². The zero-order valence-electron chi connectivity index (χ0n) is 16.3. The molecule has 0 saturated heterocycles. The number of methoxy groups -OCH3 is 2. The Hall–Kier alpha value is -3.12. The fraction of sp³-hybridized carbons (Fsp3) is 0.227. The second-order valence-electron chi connectivity index (χ2n) is 6.36. The molecule has 0 N–H and O–H groups in total. The van der Waals surface area contributed by atoms with Crippen LogP contribution in [0.3, 0.4) is 0 Å². The SMILES string of the molecule is COC(=O)c1c(COC(=O)Cc2cc(Cl)ccc2OC)nc2ccccc2c1C. The largest absolute Gasteiger partial charge is 0.496 e. The zero-order valence-corrected chi connectivity index (χ0v) is 17.1. The Bertz CT molecular complexity index is 1080. The van der Waals surface area contributed by atoms with Crippen LogP contribution in [0.15, 0.2) is 42.5 Å². The van der Waals surface area contributed by atoms with Gasteiger partial charge >= 0.3 is 11.9 Å². The van der Waals surface area contributed by atoms with Crippen molar-refractivity contribution in [2.45, 2.75) is 20.0 Å². The van der Waals surface area contributed by atoms with Gasteiger partial charge in [0.25, 0.3) is 0 Å². The number of nitrogens with zero attached hydrogens (tertiary/aromatic N) is 1. The van der Waals surface area contributed by atoms with Gasteiger partial charge in [0, 0.05) is 16.0 Å². The number of hydrogen-bond acceptors (Lipinski definition) is 6. The molecule has 6 nitrogen and oxygen atoms in total. The quantitative estimate of drug-likeness (QED) is 0.561. The van der Waals surface area contributed by atoms with Crippen molar-refractivity contribution < 1.29 is 23.8 Å². The number of ether oxygens (including phenoxy) is 3. The number of halogens is 1. The Balaban J connectivity index is 1.85. The van der Waals surface area contributed by atoms with Gasteiger partial charge in [0.1, 0.15) is 12.4 Å². The van der Waals surface area contributed by atoms with E-state index in [2.05, 4.69) is 4.98 Å². The first-order chi connectivity index (χ1) is 13.9. The third-order valence-corrected chi connectivity index (χ3v) is 4.80. The first-order valence-electron chi connectivity index (χ1n) is 8.89. The van der Waals surface area contributed by atoms with Crippen LogP contribution >= 0.6 is 11.6 Å². The number of fused-ring (bicyclic) bond motifs is 1. The van der Waals surface area contributed by atoms with Gasteiger partial charge in [-0.2, -0.15) is 0 Å². The number of aryl methyl sites for hydroxylation is 1. The summed E-state index contributed by atoms with van der Waals surface area (Å²) in [6, 6.07) is 12.5. The number of pyridine rings is 1. The van der Waals surface area contributed by atoms with Crippen LogP contribution in [0.4, 0.5) is 0 Å². The minimum Gasteiger partial charge on any atom is -0.496 e. The Morgan fingerprint density at radius 3 is 2.59 bits per heavy atom. The predicted molar refractivity (Wildman–Crippen MR) is 109 cm³/mol. The molecule has 0 unspecified atom stereocenters. The van der Waals surface area contributed by atoms with Gasteiger partial charge in [-0.3, -0.25) is 4.79 Å². The monoisotopic (exact) mass is 413 g/mol. The summed E-state index contributed by atoms with van der Waals surface area (Å²) < 4.78 is 15.6. The maximum Gasteiger partial charge on any atom is 0.340 e. The van der Waals surface area contributed by atoms with Crippen molar-refractivity contribution in [2.75, 3.05) is 14.2 Å². The lowest BCUT2D eigenvalue weighted by atomic mass is 10.0. The number of hydrogen-bond donors (Lipinski definition) is 0. The van der Waals surface area contributed by atoms with Crippen LogP contribution in [-0.2, 0) is 27.3 Å². The molecule has 0 aliphatic heterocycles. The molecule has 0 fully saturated rings. The molecule has 0 amide bonds. The van der Waals surface area contributed by atoms with Crippen LogP contribution < -0.4 is 4.74 Å². The van der Waals surface area contributed by atoms with Gasteiger partial charge in [0.2, 0.25) is 0 Å². The van der Waals surface area contributed by atoms with E-state index in [0.717, 1.165) is 10.9 Å². The molecule has 0 bridgehead atoms. The molecule has 1 aromatic heterocycles. The number of esters is 2. The average Bonchev–Trinajstić information content (AvgIpc) is 2.72. The standard InChI is InChI=1S/C22H20ClNO5/c1-13-16-6-4-5-7-17(16)24-18(21(13)22(26)28-3)12-29-20(25)11-14-10-15(23)8-9-19(14)27-2/h4-10H,11-12H2,1-3H3. The normalized spacial score (nSPS) is 10.6. The summed E-state index contributed by atoms with van der Waals surface area (Å²) in [5.74, 6) is -0.474. The van der Waals surface area contributed by atoms with Crippen LogP contribution in [0.25, 0.3) is 10.9 Å². The lowest BCUT2D eigenvalue weighted by molar-refractivity contribution is -0.144. The Morgan fingerprint density at radius 2 is 1.86 bits per heavy atom. The predicted octanol–water partition coefficient (Wildman–Crippen LogP) is 4.28. The molecular weight excluding hydrogens is 394 g/mol. The lowest BCUT2D eigenvalue weighted by Gasteiger charge is -2.14. The van der Waals surface area contributed by atoms with Crippen LogP contribution in [0.1, 0.15) is 27.2 Å². The van der Waals surface area contributed by atoms with Crippen molar-refractivity contribution >= 4 is 34.4 Å². The summed E-state index contributed by atoms with van der Waals surface area (Å²) in [5.41, 5.74) is 2.70. The minimum atomic E-state index is -0.525. The van der Waals surface area contributed by atoms with Crippen LogP contribution in [0.5, 0.6) is 5.75 Å². The third kappa shape index (κ3) is 4.49. The fourth-order valence-corrected chi connectivity index (χ4v) is 3.35. The molecular formula is C22H20ClNO5. The number of rotatable bonds is 6. The van der Waals surface area contributed by atoms with E-state index in [-0.39, 0.29) is 13.0 Å². The van der Waals surface area contributed by atoms with Crippen molar-refractivity contribution in [3.8, 4) is 5.75 Å². The maximum absolute atomic E-state index is 12.4. The highest BCUT2D eigenvalue weighted by atomic mass is 35.5. The molecule has 2 aromatic carbocycles. The van der Waals surface area contributed by atoms with Gasteiger partial charge < -0.3 is 14.2 Å². The zero-order chi connectivity index (χ0) is 21.0. The smallest absolute Gasteiger partial charge is 0.340 e. The summed E-state index contributed by atoms with van der Waals surface area (Å²) in [6.07, 6.45) is -0.0240. The molecule has 0 spiro atoms. The molecule has 3 rings (SSSR count). The Labute approximate surface area is 173 Å². The van der Waals surface area contributed by atoms with E-state index < -0.39 is 11.9 Å². The molecule has 1 heterocycles. The molecule has 7 heteroatoms. The van der Waals surface area contributed by atoms with Crippen molar-refractivity contribution in [1.82, 2.24) is 4.98 Å². The molecule has 0 saturated carbocycles. The maximum atomic E-state index is 12.4. The van der Waals surface area contributed by atoms with E-state index >= 15 is 0 Å². The van der Waals surface area contributed by atoms with Crippen molar-refractivity contribution in [2.24, 2.45) is 0 Å². The van der Waals surface area contributed by atoms with E-state index in [0.29, 0.717) is 33.1 Å². The topological polar surface area (TPSA) is 74.7 Å². The highest BCUT2D eigenvalue weighted by Gasteiger charge is 2.21. The second-order valence-corrected chi connectivity index (χ2v) is 6.80. The molecule has 150 valence electrons. The van der Waals surface area contributed by atoms with E-state index in [4.69, 9.17) is 25.8 Å². The van der Waals surface area contributed by atoms with Crippen molar-refractivity contribution in [1.29, 1.82) is 0 Å². The third-order valence-electron chi connectivity index (χ3n) is 4.56. The Morgan fingerprint density at radius 1 is 1.10 bits per heavy atom. The highest BCUT2D eigenvalue weighted by molar-refractivity contribution is 6.30. The average molecular weight is 414 g/mol.